The van der Waals surface area contributed by atoms with E-state index in [1.54, 1.807) is 24.1 Å². The maximum Gasteiger partial charge on any atom is 0.387 e. The van der Waals surface area contributed by atoms with Crippen LogP contribution in [-0.4, -0.2) is 50.7 Å². The number of rotatable bonds is 5. The fourth-order valence-electron chi connectivity index (χ4n) is 2.95. The predicted molar refractivity (Wildman–Crippen MR) is 94.2 cm³/mol. The molecule has 26 heavy (non-hydrogen) atoms. The molecule has 3 rings (SSSR count). The normalized spacial score (nSPS) is 14.5. The third-order valence-corrected chi connectivity index (χ3v) is 4.31. The summed E-state index contributed by atoms with van der Waals surface area (Å²) in [6, 6.07) is 13.7. The van der Waals surface area contributed by atoms with E-state index in [2.05, 4.69) is 9.64 Å². The van der Waals surface area contributed by atoms with Gasteiger partial charge in [-0.1, -0.05) is 6.07 Å². The summed E-state index contributed by atoms with van der Waals surface area (Å²) in [5.41, 5.74) is 1.42. The first-order chi connectivity index (χ1) is 12.6. The summed E-state index contributed by atoms with van der Waals surface area (Å²) in [5, 5.41) is 0. The van der Waals surface area contributed by atoms with Crippen LogP contribution in [0.5, 0.6) is 11.5 Å². The summed E-state index contributed by atoms with van der Waals surface area (Å²) >= 11 is 0. The smallest absolute Gasteiger partial charge is 0.387 e. The van der Waals surface area contributed by atoms with Crippen LogP contribution in [0.3, 0.4) is 0 Å². The number of methoxy groups -OCH3 is 1. The van der Waals surface area contributed by atoms with Gasteiger partial charge in [0.2, 0.25) is 0 Å². The maximum absolute atomic E-state index is 12.6. The SMILES string of the molecule is COc1ccc(N2CCN(C(=O)c3cccc(OC(F)F)c3)CC2)cc1. The fraction of sp³-hybridized carbons (Fsp3) is 0.316. The highest BCUT2D eigenvalue weighted by molar-refractivity contribution is 5.94. The minimum absolute atomic E-state index is 0.0114. The Kier molecular flexibility index (Phi) is 5.55. The molecule has 5 nitrogen and oxygen atoms in total. The molecule has 7 heteroatoms. The van der Waals surface area contributed by atoms with Gasteiger partial charge in [0.05, 0.1) is 7.11 Å². The molecule has 0 bridgehead atoms. The van der Waals surface area contributed by atoms with Crippen LogP contribution >= 0.6 is 0 Å². The summed E-state index contributed by atoms with van der Waals surface area (Å²) < 4.78 is 34.2. The quantitative estimate of drug-likeness (QED) is 0.819. The number of ether oxygens (including phenoxy) is 2. The molecule has 1 saturated heterocycles. The van der Waals surface area contributed by atoms with Gasteiger partial charge in [0.1, 0.15) is 11.5 Å². The summed E-state index contributed by atoms with van der Waals surface area (Å²) in [4.78, 5) is 16.5. The molecule has 0 aliphatic carbocycles. The van der Waals surface area contributed by atoms with Crippen molar-refractivity contribution in [3.63, 3.8) is 0 Å². The zero-order chi connectivity index (χ0) is 18.5. The Balaban J connectivity index is 1.61. The van der Waals surface area contributed by atoms with E-state index in [1.807, 2.05) is 24.3 Å². The lowest BCUT2D eigenvalue weighted by Gasteiger charge is -2.36. The number of halogens is 2. The topological polar surface area (TPSA) is 42.0 Å². The molecule has 0 saturated carbocycles. The van der Waals surface area contributed by atoms with E-state index in [9.17, 15) is 13.6 Å². The van der Waals surface area contributed by atoms with Gasteiger partial charge in [-0.2, -0.15) is 8.78 Å². The van der Waals surface area contributed by atoms with E-state index < -0.39 is 6.61 Å². The van der Waals surface area contributed by atoms with E-state index >= 15 is 0 Å². The van der Waals surface area contributed by atoms with Crippen LogP contribution < -0.4 is 14.4 Å². The molecular formula is C19H20F2N2O3. The van der Waals surface area contributed by atoms with Gasteiger partial charge in [-0.25, -0.2) is 0 Å². The molecule has 0 unspecified atom stereocenters. The maximum atomic E-state index is 12.6. The first kappa shape index (κ1) is 18.0. The van der Waals surface area contributed by atoms with Crippen molar-refractivity contribution >= 4 is 11.6 Å². The first-order valence-electron chi connectivity index (χ1n) is 8.30. The fourth-order valence-corrected chi connectivity index (χ4v) is 2.95. The Labute approximate surface area is 150 Å². The summed E-state index contributed by atoms with van der Waals surface area (Å²) in [6.45, 7) is -0.389. The highest BCUT2D eigenvalue weighted by Crippen LogP contribution is 2.22. The van der Waals surface area contributed by atoms with Crippen molar-refractivity contribution in [3.05, 3.63) is 54.1 Å². The number of amides is 1. The molecule has 1 fully saturated rings. The summed E-state index contributed by atoms with van der Waals surface area (Å²) in [6.07, 6.45) is 0. The number of hydrogen-bond acceptors (Lipinski definition) is 4. The number of carbonyl (C=O) groups is 1. The molecule has 0 N–H and O–H groups in total. The van der Waals surface area contributed by atoms with E-state index in [0.717, 1.165) is 11.4 Å². The molecule has 1 heterocycles. The molecule has 0 atom stereocenters. The van der Waals surface area contributed by atoms with Crippen molar-refractivity contribution in [1.82, 2.24) is 4.90 Å². The molecule has 0 aromatic heterocycles. The molecule has 2 aromatic carbocycles. The molecule has 0 spiro atoms. The number of hydrogen-bond donors (Lipinski definition) is 0. The van der Waals surface area contributed by atoms with Crippen LogP contribution in [0.1, 0.15) is 10.4 Å². The van der Waals surface area contributed by atoms with Crippen molar-refractivity contribution < 1.29 is 23.0 Å². The highest BCUT2D eigenvalue weighted by Gasteiger charge is 2.22. The van der Waals surface area contributed by atoms with Gasteiger partial charge < -0.3 is 19.3 Å². The van der Waals surface area contributed by atoms with Crippen molar-refractivity contribution in [2.75, 3.05) is 38.2 Å². The van der Waals surface area contributed by atoms with Crippen molar-refractivity contribution in [1.29, 1.82) is 0 Å². The second kappa shape index (κ2) is 8.03. The predicted octanol–water partition coefficient (Wildman–Crippen LogP) is 3.26. The zero-order valence-electron chi connectivity index (χ0n) is 14.4. The summed E-state index contributed by atoms with van der Waals surface area (Å²) in [7, 11) is 1.63. The van der Waals surface area contributed by atoms with Gasteiger partial charge in [-0.3, -0.25) is 4.79 Å². The van der Waals surface area contributed by atoms with Crippen LogP contribution in [0.15, 0.2) is 48.5 Å². The van der Waals surface area contributed by atoms with Crippen LogP contribution in [0.25, 0.3) is 0 Å². The lowest BCUT2D eigenvalue weighted by Crippen LogP contribution is -2.48. The van der Waals surface area contributed by atoms with Gasteiger partial charge in [-0.05, 0) is 42.5 Å². The minimum Gasteiger partial charge on any atom is -0.497 e. The number of benzene rings is 2. The monoisotopic (exact) mass is 362 g/mol. The minimum atomic E-state index is -2.91. The van der Waals surface area contributed by atoms with Crippen LogP contribution in [0, 0.1) is 0 Å². The van der Waals surface area contributed by atoms with Crippen molar-refractivity contribution in [2.24, 2.45) is 0 Å². The molecule has 1 amide bonds. The van der Waals surface area contributed by atoms with Gasteiger partial charge in [0.15, 0.2) is 0 Å². The Bertz CT molecular complexity index is 745. The lowest BCUT2D eigenvalue weighted by molar-refractivity contribution is -0.0499. The third-order valence-electron chi connectivity index (χ3n) is 4.31. The van der Waals surface area contributed by atoms with Crippen LogP contribution in [-0.2, 0) is 0 Å². The van der Waals surface area contributed by atoms with Crippen molar-refractivity contribution in [3.8, 4) is 11.5 Å². The van der Waals surface area contributed by atoms with Gasteiger partial charge >= 0.3 is 6.61 Å². The number of carbonyl (C=O) groups excluding carboxylic acids is 1. The van der Waals surface area contributed by atoms with Gasteiger partial charge in [-0.15, -0.1) is 0 Å². The number of piperazine rings is 1. The number of nitrogens with zero attached hydrogens (tertiary/aromatic N) is 2. The first-order valence-corrected chi connectivity index (χ1v) is 8.30. The molecular weight excluding hydrogens is 342 g/mol. The Morgan fingerprint density at radius 2 is 1.69 bits per heavy atom. The molecule has 0 radical (unpaired) electrons. The van der Waals surface area contributed by atoms with Crippen LogP contribution in [0.2, 0.25) is 0 Å². The average Bonchev–Trinajstić information content (AvgIpc) is 2.67. The Morgan fingerprint density at radius 1 is 1.00 bits per heavy atom. The Morgan fingerprint density at radius 3 is 2.31 bits per heavy atom. The highest BCUT2D eigenvalue weighted by atomic mass is 19.3. The van der Waals surface area contributed by atoms with E-state index in [-0.39, 0.29) is 11.7 Å². The number of anilines is 1. The summed E-state index contributed by atoms with van der Waals surface area (Å²) in [5.74, 6) is 0.607. The third kappa shape index (κ3) is 4.22. The van der Waals surface area contributed by atoms with E-state index in [4.69, 9.17) is 4.74 Å². The number of alkyl halides is 2. The van der Waals surface area contributed by atoms with E-state index in [1.165, 1.54) is 12.1 Å². The average molecular weight is 362 g/mol. The van der Waals surface area contributed by atoms with Gasteiger partial charge in [0.25, 0.3) is 5.91 Å². The molecule has 138 valence electrons. The van der Waals surface area contributed by atoms with Crippen molar-refractivity contribution in [2.45, 2.75) is 6.61 Å². The lowest BCUT2D eigenvalue weighted by atomic mass is 10.1. The van der Waals surface area contributed by atoms with Crippen LogP contribution in [0.4, 0.5) is 14.5 Å². The molecule has 2 aromatic rings. The standard InChI is InChI=1S/C19H20F2N2O3/c1-25-16-7-5-15(6-8-16)22-9-11-23(12-10-22)18(24)14-3-2-4-17(13-14)26-19(20)21/h2-8,13,19H,9-12H2,1H3. The zero-order valence-corrected chi connectivity index (χ0v) is 14.4. The second-order valence-corrected chi connectivity index (χ2v) is 5.88. The molecule has 1 aliphatic rings. The van der Waals surface area contributed by atoms with E-state index in [0.29, 0.717) is 31.7 Å². The van der Waals surface area contributed by atoms with Gasteiger partial charge in [0, 0.05) is 37.4 Å². The largest absolute Gasteiger partial charge is 0.497 e. The second-order valence-electron chi connectivity index (χ2n) is 5.88. The molecule has 1 aliphatic heterocycles. The Hall–Kier alpha value is -2.83.